The maximum Gasteiger partial charge on any atom is 0.338 e. The van der Waals surface area contributed by atoms with Gasteiger partial charge in [-0.3, -0.25) is 4.79 Å². The summed E-state index contributed by atoms with van der Waals surface area (Å²) >= 11 is 0. The van der Waals surface area contributed by atoms with Crippen LogP contribution >= 0.6 is 0 Å². The number of sulfonamides is 1. The van der Waals surface area contributed by atoms with Crippen molar-refractivity contribution in [3.63, 3.8) is 0 Å². The van der Waals surface area contributed by atoms with Gasteiger partial charge in [0.25, 0.3) is 5.91 Å². The Morgan fingerprint density at radius 2 is 1.82 bits per heavy atom. The number of amides is 1. The van der Waals surface area contributed by atoms with Crippen molar-refractivity contribution in [3.8, 4) is 0 Å². The lowest BCUT2D eigenvalue weighted by molar-refractivity contribution is -0.129. The van der Waals surface area contributed by atoms with Gasteiger partial charge >= 0.3 is 5.97 Å². The summed E-state index contributed by atoms with van der Waals surface area (Å²) in [7, 11) is -3.70. The van der Waals surface area contributed by atoms with Gasteiger partial charge in [0, 0.05) is 19.1 Å². The maximum absolute atomic E-state index is 12.8. The highest BCUT2D eigenvalue weighted by molar-refractivity contribution is 7.89. The second kappa shape index (κ2) is 9.52. The van der Waals surface area contributed by atoms with Crippen LogP contribution in [-0.4, -0.2) is 49.8 Å². The summed E-state index contributed by atoms with van der Waals surface area (Å²) in [4.78, 5) is 24.8. The van der Waals surface area contributed by atoms with Crippen LogP contribution in [-0.2, 0) is 19.6 Å². The summed E-state index contributed by atoms with van der Waals surface area (Å²) in [5.74, 6) is -1.05. The third-order valence-corrected chi connectivity index (χ3v) is 7.29. The number of aryl methyl sites for hydroxylation is 1. The smallest absolute Gasteiger partial charge is 0.338 e. The zero-order valence-electron chi connectivity index (χ0n) is 17.0. The summed E-state index contributed by atoms with van der Waals surface area (Å²) in [6.45, 7) is 7.40. The molecule has 1 aliphatic rings. The SMILES string of the molecule is CCN(CC)S(=O)(=O)c1cc(C(=O)OC(C)C(=O)NC2CCCC2)ccc1C. The van der Waals surface area contributed by atoms with Crippen LogP contribution in [0, 0.1) is 6.92 Å². The molecule has 0 spiro atoms. The highest BCUT2D eigenvalue weighted by Gasteiger charge is 2.27. The van der Waals surface area contributed by atoms with Gasteiger partial charge in [0.15, 0.2) is 6.10 Å². The van der Waals surface area contributed by atoms with Crippen molar-refractivity contribution in [3.05, 3.63) is 29.3 Å². The second-order valence-electron chi connectivity index (χ2n) is 7.11. The number of ether oxygens (including phenoxy) is 1. The molecule has 0 bridgehead atoms. The monoisotopic (exact) mass is 410 g/mol. The van der Waals surface area contributed by atoms with Crippen LogP contribution in [0.5, 0.6) is 0 Å². The molecule has 1 aromatic carbocycles. The van der Waals surface area contributed by atoms with E-state index in [1.54, 1.807) is 26.8 Å². The fourth-order valence-corrected chi connectivity index (χ4v) is 5.09. The summed E-state index contributed by atoms with van der Waals surface area (Å²) in [5, 5.41) is 2.89. The molecule has 0 aromatic heterocycles. The molecule has 1 aromatic rings. The van der Waals surface area contributed by atoms with Gasteiger partial charge in [-0.05, 0) is 44.4 Å². The Bertz CT molecular complexity index is 812. The van der Waals surface area contributed by atoms with E-state index < -0.39 is 22.1 Å². The van der Waals surface area contributed by atoms with Crippen LogP contribution in [0.3, 0.4) is 0 Å². The first kappa shape index (κ1) is 22.4. The van der Waals surface area contributed by atoms with Crippen LogP contribution in [0.1, 0.15) is 62.4 Å². The first-order valence-corrected chi connectivity index (χ1v) is 11.3. The molecule has 0 aliphatic heterocycles. The quantitative estimate of drug-likeness (QED) is 0.665. The van der Waals surface area contributed by atoms with E-state index in [1.807, 2.05) is 0 Å². The third kappa shape index (κ3) is 5.11. The number of hydrogen-bond acceptors (Lipinski definition) is 5. The van der Waals surface area contributed by atoms with E-state index in [-0.39, 0.29) is 22.4 Å². The van der Waals surface area contributed by atoms with E-state index in [4.69, 9.17) is 4.74 Å². The topological polar surface area (TPSA) is 92.8 Å². The molecule has 1 fully saturated rings. The predicted octanol–water partition coefficient (Wildman–Crippen LogP) is 2.63. The molecule has 1 aliphatic carbocycles. The molecule has 8 heteroatoms. The molecule has 2 rings (SSSR count). The third-order valence-electron chi connectivity index (χ3n) is 5.10. The lowest BCUT2D eigenvalue weighted by atomic mass is 10.1. The predicted molar refractivity (Wildman–Crippen MR) is 107 cm³/mol. The Balaban J connectivity index is 2.14. The average molecular weight is 411 g/mol. The van der Waals surface area contributed by atoms with Crippen LogP contribution in [0.4, 0.5) is 0 Å². The minimum atomic E-state index is -3.70. The molecule has 1 atom stereocenters. The van der Waals surface area contributed by atoms with Crippen molar-refractivity contribution in [1.29, 1.82) is 0 Å². The molecular formula is C20H30N2O5S. The molecule has 0 heterocycles. The molecule has 0 saturated heterocycles. The van der Waals surface area contributed by atoms with Gasteiger partial charge in [-0.25, -0.2) is 13.2 Å². The molecule has 0 radical (unpaired) electrons. The number of hydrogen-bond donors (Lipinski definition) is 1. The fraction of sp³-hybridized carbons (Fsp3) is 0.600. The normalized spacial score (nSPS) is 16.2. The Kier molecular flexibility index (Phi) is 7.60. The number of rotatable bonds is 8. The van der Waals surface area contributed by atoms with E-state index in [0.717, 1.165) is 25.7 Å². The zero-order valence-corrected chi connectivity index (χ0v) is 17.8. The van der Waals surface area contributed by atoms with Crippen molar-refractivity contribution in [1.82, 2.24) is 9.62 Å². The van der Waals surface area contributed by atoms with Crippen molar-refractivity contribution in [2.45, 2.75) is 70.4 Å². The standard InChI is InChI=1S/C20H30N2O5S/c1-5-22(6-2)28(25,26)18-13-16(12-11-14(18)3)20(24)27-15(4)19(23)21-17-9-7-8-10-17/h11-13,15,17H,5-10H2,1-4H3,(H,21,23). The summed E-state index contributed by atoms with van der Waals surface area (Å²) in [6, 6.07) is 4.56. The molecule has 28 heavy (non-hydrogen) atoms. The number of carbonyl (C=O) groups is 2. The summed E-state index contributed by atoms with van der Waals surface area (Å²) in [5.41, 5.74) is 0.660. The van der Waals surface area contributed by atoms with Gasteiger partial charge in [-0.2, -0.15) is 4.31 Å². The van der Waals surface area contributed by atoms with Crippen LogP contribution in [0.2, 0.25) is 0 Å². The lowest BCUT2D eigenvalue weighted by Gasteiger charge is -2.20. The first-order valence-electron chi connectivity index (χ1n) is 9.82. The van der Waals surface area contributed by atoms with Crippen LogP contribution in [0.15, 0.2) is 23.1 Å². The first-order chi connectivity index (χ1) is 13.2. The van der Waals surface area contributed by atoms with E-state index in [9.17, 15) is 18.0 Å². The largest absolute Gasteiger partial charge is 0.449 e. The van der Waals surface area contributed by atoms with Crippen molar-refractivity contribution < 1.29 is 22.7 Å². The summed E-state index contributed by atoms with van der Waals surface area (Å²) < 4.78 is 32.3. The van der Waals surface area contributed by atoms with Crippen LogP contribution < -0.4 is 5.32 Å². The van der Waals surface area contributed by atoms with Gasteiger partial charge in [0.05, 0.1) is 10.5 Å². The highest BCUT2D eigenvalue weighted by atomic mass is 32.2. The van der Waals surface area contributed by atoms with Gasteiger partial charge in [-0.1, -0.05) is 32.8 Å². The highest BCUT2D eigenvalue weighted by Crippen LogP contribution is 2.22. The van der Waals surface area contributed by atoms with Gasteiger partial charge in [0.2, 0.25) is 10.0 Å². The van der Waals surface area contributed by atoms with E-state index in [2.05, 4.69) is 5.32 Å². The fourth-order valence-electron chi connectivity index (χ4n) is 3.38. The van der Waals surface area contributed by atoms with Crippen molar-refractivity contribution in [2.75, 3.05) is 13.1 Å². The Morgan fingerprint density at radius 1 is 1.21 bits per heavy atom. The average Bonchev–Trinajstić information content (AvgIpc) is 3.15. The minimum Gasteiger partial charge on any atom is -0.449 e. The number of nitrogens with zero attached hydrogens (tertiary/aromatic N) is 1. The molecular weight excluding hydrogens is 380 g/mol. The number of esters is 1. The lowest BCUT2D eigenvalue weighted by Crippen LogP contribution is -2.40. The number of nitrogens with one attached hydrogen (secondary N) is 1. The Labute approximate surface area is 167 Å². The van der Waals surface area contributed by atoms with Gasteiger partial charge < -0.3 is 10.1 Å². The van der Waals surface area contributed by atoms with Gasteiger partial charge in [0.1, 0.15) is 0 Å². The minimum absolute atomic E-state index is 0.0775. The molecule has 1 amide bonds. The molecule has 1 saturated carbocycles. The van der Waals surface area contributed by atoms with E-state index in [1.165, 1.54) is 23.4 Å². The molecule has 1 N–H and O–H groups in total. The van der Waals surface area contributed by atoms with E-state index >= 15 is 0 Å². The number of benzene rings is 1. The molecule has 156 valence electrons. The van der Waals surface area contributed by atoms with Crippen LogP contribution in [0.25, 0.3) is 0 Å². The Hall–Kier alpha value is -1.93. The van der Waals surface area contributed by atoms with Crippen molar-refractivity contribution >= 4 is 21.9 Å². The second-order valence-corrected chi connectivity index (χ2v) is 9.01. The summed E-state index contributed by atoms with van der Waals surface area (Å²) in [6.07, 6.45) is 3.11. The zero-order chi connectivity index (χ0) is 20.9. The van der Waals surface area contributed by atoms with Crippen molar-refractivity contribution in [2.24, 2.45) is 0 Å². The molecule has 7 nitrogen and oxygen atoms in total. The maximum atomic E-state index is 12.8. The van der Waals surface area contributed by atoms with Gasteiger partial charge in [-0.15, -0.1) is 0 Å². The number of carbonyl (C=O) groups excluding carboxylic acids is 2. The molecule has 1 unspecified atom stereocenters. The Morgan fingerprint density at radius 3 is 2.39 bits per heavy atom. The van der Waals surface area contributed by atoms with E-state index in [0.29, 0.717) is 18.7 Å².